The van der Waals surface area contributed by atoms with Gasteiger partial charge < -0.3 is 10.8 Å². The van der Waals surface area contributed by atoms with Crippen molar-refractivity contribution in [2.24, 2.45) is 5.73 Å². The summed E-state index contributed by atoms with van der Waals surface area (Å²) >= 11 is 0. The van der Waals surface area contributed by atoms with Crippen LogP contribution in [0.15, 0.2) is 30.8 Å². The molecule has 0 aliphatic rings. The lowest BCUT2D eigenvalue weighted by atomic mass is 10.0. The third kappa shape index (κ3) is 2.41. The third-order valence-corrected chi connectivity index (χ3v) is 2.05. The van der Waals surface area contributed by atoms with Gasteiger partial charge in [0.15, 0.2) is 0 Å². The fourth-order valence-electron chi connectivity index (χ4n) is 1.17. The van der Waals surface area contributed by atoms with E-state index in [0.717, 1.165) is 11.1 Å². The number of rotatable bonds is 3. The summed E-state index contributed by atoms with van der Waals surface area (Å²) in [5.74, 6) is 0. The Hall–Kier alpha value is -1.12. The van der Waals surface area contributed by atoms with Crippen molar-refractivity contribution in [1.29, 1.82) is 0 Å². The van der Waals surface area contributed by atoms with Crippen LogP contribution in [0.2, 0.25) is 0 Å². The van der Waals surface area contributed by atoms with Gasteiger partial charge in [-0.1, -0.05) is 36.9 Å². The zero-order valence-electron chi connectivity index (χ0n) is 7.77. The minimum Gasteiger partial charge on any atom is -0.391 e. The molecule has 1 rings (SSSR count). The highest BCUT2D eigenvalue weighted by atomic mass is 16.3. The number of nitrogens with two attached hydrogens (primary N) is 1. The first kappa shape index (κ1) is 9.96. The summed E-state index contributed by atoms with van der Waals surface area (Å²) in [5.41, 5.74) is 7.74. The molecule has 70 valence electrons. The van der Waals surface area contributed by atoms with E-state index < -0.39 is 6.10 Å². The van der Waals surface area contributed by atoms with E-state index in [9.17, 15) is 5.11 Å². The largest absolute Gasteiger partial charge is 0.391 e. The van der Waals surface area contributed by atoms with Crippen molar-refractivity contribution in [2.45, 2.75) is 19.1 Å². The summed E-state index contributed by atoms with van der Waals surface area (Å²) in [4.78, 5) is 0. The normalized spacial score (nSPS) is 15.0. The molecule has 0 spiro atoms. The quantitative estimate of drug-likeness (QED) is 0.738. The molecule has 0 bridgehead atoms. The molecule has 0 amide bonds. The third-order valence-electron chi connectivity index (χ3n) is 2.05. The Balaban J connectivity index is 2.94. The average molecular weight is 177 g/mol. The fourth-order valence-corrected chi connectivity index (χ4v) is 1.17. The van der Waals surface area contributed by atoms with Gasteiger partial charge in [-0.2, -0.15) is 0 Å². The highest BCUT2D eigenvalue weighted by Crippen LogP contribution is 2.15. The molecule has 1 aromatic carbocycles. The van der Waals surface area contributed by atoms with Crippen LogP contribution in [-0.4, -0.2) is 11.2 Å². The van der Waals surface area contributed by atoms with Crippen molar-refractivity contribution in [3.8, 4) is 0 Å². The van der Waals surface area contributed by atoms with Crippen molar-refractivity contribution in [2.75, 3.05) is 0 Å². The first-order valence-electron chi connectivity index (χ1n) is 4.31. The van der Waals surface area contributed by atoms with Crippen molar-refractivity contribution < 1.29 is 5.11 Å². The Morgan fingerprint density at radius 2 is 2.23 bits per heavy atom. The van der Waals surface area contributed by atoms with E-state index in [1.807, 2.05) is 24.3 Å². The molecule has 0 unspecified atom stereocenters. The fraction of sp³-hybridized carbons (Fsp3) is 0.273. The lowest BCUT2D eigenvalue weighted by molar-refractivity contribution is 0.164. The van der Waals surface area contributed by atoms with Gasteiger partial charge in [-0.3, -0.25) is 0 Å². The molecule has 2 atom stereocenters. The summed E-state index contributed by atoms with van der Waals surface area (Å²) in [5, 5.41) is 9.29. The van der Waals surface area contributed by atoms with Crippen LogP contribution in [0.4, 0.5) is 0 Å². The van der Waals surface area contributed by atoms with Crippen molar-refractivity contribution in [3.05, 3.63) is 42.0 Å². The van der Waals surface area contributed by atoms with Gasteiger partial charge in [0.1, 0.15) is 0 Å². The Kier molecular flexibility index (Phi) is 3.23. The van der Waals surface area contributed by atoms with E-state index in [0.29, 0.717) is 0 Å². The topological polar surface area (TPSA) is 46.2 Å². The van der Waals surface area contributed by atoms with Gasteiger partial charge in [0.25, 0.3) is 0 Å². The number of hydrogen-bond acceptors (Lipinski definition) is 2. The maximum absolute atomic E-state index is 9.29. The molecule has 0 heterocycles. The predicted octanol–water partition coefficient (Wildman–Crippen LogP) is 1.71. The highest BCUT2D eigenvalue weighted by molar-refractivity contribution is 5.48. The van der Waals surface area contributed by atoms with E-state index in [4.69, 9.17) is 5.73 Å². The minimum absolute atomic E-state index is 0.320. The van der Waals surface area contributed by atoms with E-state index >= 15 is 0 Å². The highest BCUT2D eigenvalue weighted by Gasteiger charge is 2.11. The molecule has 0 saturated carbocycles. The molecule has 1 aromatic rings. The first-order chi connectivity index (χ1) is 6.15. The minimum atomic E-state index is -0.528. The van der Waals surface area contributed by atoms with E-state index in [1.54, 1.807) is 13.0 Å². The van der Waals surface area contributed by atoms with Gasteiger partial charge in [-0.25, -0.2) is 0 Å². The number of benzene rings is 1. The Bertz CT molecular complexity index is 294. The number of aliphatic hydroxyl groups excluding tert-OH is 1. The standard InChI is InChI=1S/C11H15NO/c1-3-9-5-4-6-10(7-9)11(12)8(2)13/h3-8,11,13H,1,12H2,2H3/t8-,11-/m1/s1. The summed E-state index contributed by atoms with van der Waals surface area (Å²) in [7, 11) is 0. The lowest BCUT2D eigenvalue weighted by Crippen LogP contribution is -2.23. The van der Waals surface area contributed by atoms with Crippen LogP contribution >= 0.6 is 0 Å². The second kappa shape index (κ2) is 4.21. The van der Waals surface area contributed by atoms with Gasteiger partial charge in [-0.15, -0.1) is 0 Å². The summed E-state index contributed by atoms with van der Waals surface area (Å²) < 4.78 is 0. The Morgan fingerprint density at radius 3 is 2.77 bits per heavy atom. The molecule has 0 radical (unpaired) electrons. The second-order valence-electron chi connectivity index (χ2n) is 3.14. The lowest BCUT2D eigenvalue weighted by Gasteiger charge is -2.15. The van der Waals surface area contributed by atoms with Crippen LogP contribution in [0.1, 0.15) is 24.1 Å². The molecule has 3 N–H and O–H groups in total. The van der Waals surface area contributed by atoms with Gasteiger partial charge in [0, 0.05) is 0 Å². The second-order valence-corrected chi connectivity index (χ2v) is 3.14. The molecule has 0 aliphatic heterocycles. The monoisotopic (exact) mass is 177 g/mol. The molecule has 13 heavy (non-hydrogen) atoms. The van der Waals surface area contributed by atoms with Crippen LogP contribution in [0.3, 0.4) is 0 Å². The van der Waals surface area contributed by atoms with Crippen molar-refractivity contribution >= 4 is 6.08 Å². The molecule has 0 aliphatic carbocycles. The maximum Gasteiger partial charge on any atom is 0.0704 e. The molecular weight excluding hydrogens is 162 g/mol. The molecule has 0 aromatic heterocycles. The Labute approximate surface area is 78.7 Å². The molecular formula is C11H15NO. The first-order valence-corrected chi connectivity index (χ1v) is 4.31. The Morgan fingerprint density at radius 1 is 1.54 bits per heavy atom. The molecule has 0 fully saturated rings. The summed E-state index contributed by atoms with van der Waals surface area (Å²) in [6.45, 7) is 5.36. The van der Waals surface area contributed by atoms with Gasteiger partial charge in [0.05, 0.1) is 12.1 Å². The molecule has 2 heteroatoms. The smallest absolute Gasteiger partial charge is 0.0704 e. The predicted molar refractivity (Wildman–Crippen MR) is 55.1 cm³/mol. The van der Waals surface area contributed by atoms with Crippen LogP contribution in [0, 0.1) is 0 Å². The number of hydrogen-bond donors (Lipinski definition) is 2. The van der Waals surface area contributed by atoms with E-state index in [2.05, 4.69) is 6.58 Å². The van der Waals surface area contributed by atoms with E-state index in [-0.39, 0.29) is 6.04 Å². The molecule has 0 saturated heterocycles. The van der Waals surface area contributed by atoms with Crippen molar-refractivity contribution in [3.63, 3.8) is 0 Å². The maximum atomic E-state index is 9.29. The summed E-state index contributed by atoms with van der Waals surface area (Å²) in [6, 6.07) is 7.38. The average Bonchev–Trinajstić information content (AvgIpc) is 2.16. The van der Waals surface area contributed by atoms with Crippen LogP contribution in [0.5, 0.6) is 0 Å². The van der Waals surface area contributed by atoms with Gasteiger partial charge >= 0.3 is 0 Å². The summed E-state index contributed by atoms with van der Waals surface area (Å²) in [6.07, 6.45) is 1.23. The van der Waals surface area contributed by atoms with Crippen LogP contribution in [-0.2, 0) is 0 Å². The van der Waals surface area contributed by atoms with Crippen LogP contribution in [0.25, 0.3) is 6.08 Å². The van der Waals surface area contributed by atoms with Gasteiger partial charge in [0.2, 0.25) is 0 Å². The van der Waals surface area contributed by atoms with Crippen LogP contribution < -0.4 is 5.73 Å². The van der Waals surface area contributed by atoms with Gasteiger partial charge in [-0.05, 0) is 18.1 Å². The van der Waals surface area contributed by atoms with E-state index in [1.165, 1.54) is 0 Å². The number of aliphatic hydroxyl groups is 1. The van der Waals surface area contributed by atoms with Crippen molar-refractivity contribution in [1.82, 2.24) is 0 Å². The SMILES string of the molecule is C=Cc1cccc([C@H](N)[C@@H](C)O)c1. The zero-order chi connectivity index (χ0) is 9.84. The zero-order valence-corrected chi connectivity index (χ0v) is 7.77. The molecule has 2 nitrogen and oxygen atoms in total.